The molecule has 1 saturated heterocycles. The highest BCUT2D eigenvalue weighted by atomic mass is 16.5. The van der Waals surface area contributed by atoms with Crippen LogP contribution in [0.25, 0.3) is 0 Å². The number of hydrogen-bond donors (Lipinski definition) is 1. The van der Waals surface area contributed by atoms with Crippen molar-refractivity contribution < 1.29 is 9.47 Å². The molecule has 5 heteroatoms. The van der Waals surface area contributed by atoms with Gasteiger partial charge in [-0.15, -0.1) is 0 Å². The number of hydrogen-bond acceptors (Lipinski definition) is 5. The fraction of sp³-hybridized carbons (Fsp3) is 0.733. The number of aryl methyl sites for hydroxylation is 1. The van der Waals surface area contributed by atoms with Gasteiger partial charge in [0.2, 0.25) is 0 Å². The van der Waals surface area contributed by atoms with E-state index in [1.807, 2.05) is 13.0 Å². The smallest absolute Gasteiger partial charge is 0.131 e. The molecule has 1 aliphatic heterocycles. The largest absolute Gasteiger partial charge is 0.383 e. The average Bonchev–Trinajstić information content (AvgIpc) is 2.44. The Morgan fingerprint density at radius 1 is 1.40 bits per heavy atom. The van der Waals surface area contributed by atoms with Crippen molar-refractivity contribution in [3.8, 4) is 0 Å². The zero-order valence-electron chi connectivity index (χ0n) is 12.5. The highest BCUT2D eigenvalue weighted by Crippen LogP contribution is 2.16. The normalized spacial score (nSPS) is 19.2. The highest BCUT2D eigenvalue weighted by Gasteiger charge is 2.16. The van der Waals surface area contributed by atoms with Gasteiger partial charge >= 0.3 is 0 Å². The maximum absolute atomic E-state index is 5.76. The summed E-state index contributed by atoms with van der Waals surface area (Å²) in [6.45, 7) is 5.20. The highest BCUT2D eigenvalue weighted by molar-refractivity contribution is 5.10. The van der Waals surface area contributed by atoms with Gasteiger partial charge in [-0.1, -0.05) is 0 Å². The minimum atomic E-state index is 0.292. The minimum Gasteiger partial charge on any atom is -0.383 e. The van der Waals surface area contributed by atoms with Crippen LogP contribution in [-0.4, -0.2) is 42.9 Å². The second-order valence-corrected chi connectivity index (χ2v) is 5.28. The van der Waals surface area contributed by atoms with Crippen LogP contribution in [0.3, 0.4) is 0 Å². The topological polar surface area (TPSA) is 56.3 Å². The Labute approximate surface area is 121 Å². The number of aromatic nitrogens is 2. The molecule has 20 heavy (non-hydrogen) atoms. The predicted molar refractivity (Wildman–Crippen MR) is 77.6 cm³/mol. The summed E-state index contributed by atoms with van der Waals surface area (Å²) in [4.78, 5) is 9.16. The van der Waals surface area contributed by atoms with E-state index in [-0.39, 0.29) is 0 Å². The first-order valence-corrected chi connectivity index (χ1v) is 7.42. The maximum atomic E-state index is 5.76. The maximum Gasteiger partial charge on any atom is 0.131 e. The Morgan fingerprint density at radius 2 is 2.30 bits per heavy atom. The van der Waals surface area contributed by atoms with E-state index in [1.54, 1.807) is 7.11 Å². The van der Waals surface area contributed by atoms with E-state index in [0.29, 0.717) is 12.7 Å². The summed E-state index contributed by atoms with van der Waals surface area (Å²) in [7, 11) is 1.71. The number of methoxy groups -OCH3 is 1. The molecule has 0 aliphatic carbocycles. The van der Waals surface area contributed by atoms with Crippen LogP contribution in [0.15, 0.2) is 6.07 Å². The first kappa shape index (κ1) is 15.4. The average molecular weight is 279 g/mol. The van der Waals surface area contributed by atoms with Gasteiger partial charge in [0.05, 0.1) is 18.4 Å². The summed E-state index contributed by atoms with van der Waals surface area (Å²) in [5.41, 5.74) is 2.06. The number of ether oxygens (including phenoxy) is 2. The number of nitrogens with one attached hydrogen (secondary N) is 1. The molecule has 1 fully saturated rings. The molecule has 2 rings (SSSR count). The van der Waals surface area contributed by atoms with Crippen LogP contribution in [0.5, 0.6) is 0 Å². The van der Waals surface area contributed by atoms with Gasteiger partial charge in [0.1, 0.15) is 5.82 Å². The molecule has 0 aromatic carbocycles. The van der Waals surface area contributed by atoms with Gasteiger partial charge in [0.15, 0.2) is 0 Å². The summed E-state index contributed by atoms with van der Waals surface area (Å²) in [6.07, 6.45) is 4.67. The van der Waals surface area contributed by atoms with Crippen molar-refractivity contribution in [3.05, 3.63) is 23.3 Å². The summed E-state index contributed by atoms with van der Waals surface area (Å²) >= 11 is 0. The van der Waals surface area contributed by atoms with E-state index in [1.165, 1.54) is 12.8 Å². The van der Waals surface area contributed by atoms with Crippen molar-refractivity contribution in [1.82, 2.24) is 15.3 Å². The summed E-state index contributed by atoms with van der Waals surface area (Å²) < 4.78 is 10.8. The molecule has 0 radical (unpaired) electrons. The number of rotatable bonds is 7. The Hall–Kier alpha value is -1.04. The zero-order chi connectivity index (χ0) is 14.2. The first-order valence-electron chi connectivity index (χ1n) is 7.42. The molecular formula is C15H25N3O2. The third-order valence-electron chi connectivity index (χ3n) is 3.43. The van der Waals surface area contributed by atoms with Crippen LogP contribution in [0.1, 0.15) is 36.5 Å². The van der Waals surface area contributed by atoms with Crippen molar-refractivity contribution in [2.45, 2.75) is 45.3 Å². The third kappa shape index (κ3) is 5.15. The predicted octanol–water partition coefficient (Wildman–Crippen LogP) is 1.63. The SMILES string of the molecule is COCCNCc1cc(C)nc(CC2CCCCO2)n1. The molecule has 1 aromatic heterocycles. The lowest BCUT2D eigenvalue weighted by Gasteiger charge is -2.22. The fourth-order valence-corrected chi connectivity index (χ4v) is 2.44. The van der Waals surface area contributed by atoms with E-state index in [0.717, 1.165) is 49.8 Å². The summed E-state index contributed by atoms with van der Waals surface area (Å²) in [6, 6.07) is 2.03. The second-order valence-electron chi connectivity index (χ2n) is 5.28. The quantitative estimate of drug-likeness (QED) is 0.769. The monoisotopic (exact) mass is 279 g/mol. The molecule has 1 aliphatic rings. The molecule has 1 unspecified atom stereocenters. The lowest BCUT2D eigenvalue weighted by molar-refractivity contribution is 0.0156. The van der Waals surface area contributed by atoms with Gasteiger partial charge < -0.3 is 14.8 Å². The molecule has 2 heterocycles. The van der Waals surface area contributed by atoms with Crippen LogP contribution in [0.2, 0.25) is 0 Å². The Bertz CT molecular complexity index is 406. The van der Waals surface area contributed by atoms with Crippen LogP contribution in [-0.2, 0) is 22.4 Å². The Kier molecular flexibility index (Phi) is 6.36. The van der Waals surface area contributed by atoms with Crippen LogP contribution in [0, 0.1) is 6.92 Å². The van der Waals surface area contributed by atoms with Crippen molar-refractivity contribution in [3.63, 3.8) is 0 Å². The van der Waals surface area contributed by atoms with E-state index in [4.69, 9.17) is 9.47 Å². The molecular weight excluding hydrogens is 254 g/mol. The van der Waals surface area contributed by atoms with Crippen molar-refractivity contribution in [2.75, 3.05) is 26.9 Å². The van der Waals surface area contributed by atoms with Gasteiger partial charge in [-0.3, -0.25) is 0 Å². The molecule has 1 aromatic rings. The van der Waals surface area contributed by atoms with Crippen LogP contribution >= 0.6 is 0 Å². The van der Waals surface area contributed by atoms with Crippen LogP contribution < -0.4 is 5.32 Å². The van der Waals surface area contributed by atoms with Gasteiger partial charge in [-0.2, -0.15) is 0 Å². The molecule has 1 N–H and O–H groups in total. The van der Waals surface area contributed by atoms with E-state index in [2.05, 4.69) is 15.3 Å². The van der Waals surface area contributed by atoms with Gasteiger partial charge in [0.25, 0.3) is 0 Å². The van der Waals surface area contributed by atoms with E-state index in [9.17, 15) is 0 Å². The third-order valence-corrected chi connectivity index (χ3v) is 3.43. The minimum absolute atomic E-state index is 0.292. The Morgan fingerprint density at radius 3 is 3.05 bits per heavy atom. The number of nitrogens with zero attached hydrogens (tertiary/aromatic N) is 2. The van der Waals surface area contributed by atoms with Gasteiger partial charge in [-0.25, -0.2) is 9.97 Å². The molecule has 0 saturated carbocycles. The molecule has 1 atom stereocenters. The van der Waals surface area contributed by atoms with E-state index >= 15 is 0 Å². The van der Waals surface area contributed by atoms with Gasteiger partial charge in [-0.05, 0) is 32.3 Å². The molecule has 0 amide bonds. The molecule has 0 spiro atoms. The molecule has 112 valence electrons. The van der Waals surface area contributed by atoms with Crippen molar-refractivity contribution in [1.29, 1.82) is 0 Å². The summed E-state index contributed by atoms with van der Waals surface area (Å²) in [5, 5.41) is 3.31. The lowest BCUT2D eigenvalue weighted by Crippen LogP contribution is -2.23. The van der Waals surface area contributed by atoms with Crippen LogP contribution in [0.4, 0.5) is 0 Å². The summed E-state index contributed by atoms with van der Waals surface area (Å²) in [5.74, 6) is 0.903. The van der Waals surface area contributed by atoms with Crippen molar-refractivity contribution in [2.24, 2.45) is 0 Å². The van der Waals surface area contributed by atoms with Gasteiger partial charge in [0, 0.05) is 38.9 Å². The zero-order valence-corrected chi connectivity index (χ0v) is 12.5. The molecule has 0 bridgehead atoms. The van der Waals surface area contributed by atoms with Crippen molar-refractivity contribution >= 4 is 0 Å². The molecule has 5 nitrogen and oxygen atoms in total. The Balaban J connectivity index is 1.89. The lowest BCUT2D eigenvalue weighted by atomic mass is 10.1. The first-order chi connectivity index (χ1) is 9.78. The second kappa shape index (κ2) is 8.29. The van der Waals surface area contributed by atoms with E-state index < -0.39 is 0 Å². The standard InChI is InChI=1S/C15H25N3O2/c1-12-9-13(11-16-6-8-19-2)18-15(17-12)10-14-5-3-4-7-20-14/h9,14,16H,3-8,10-11H2,1-2H3. The fourth-order valence-electron chi connectivity index (χ4n) is 2.44.